The van der Waals surface area contributed by atoms with Crippen molar-refractivity contribution in [1.82, 2.24) is 0 Å². The summed E-state index contributed by atoms with van der Waals surface area (Å²) in [6.07, 6.45) is 76.8. The number of esters is 3. The molecule has 70 heavy (non-hydrogen) atoms. The molecule has 0 aromatic heterocycles. The Morgan fingerprint density at radius 1 is 0.300 bits per heavy atom. The zero-order chi connectivity index (χ0) is 50.7. The molecule has 0 N–H and O–H groups in total. The lowest BCUT2D eigenvalue weighted by Gasteiger charge is -2.18. The maximum Gasteiger partial charge on any atom is 0.306 e. The van der Waals surface area contributed by atoms with Crippen molar-refractivity contribution in [2.75, 3.05) is 13.2 Å². The Morgan fingerprint density at radius 3 is 0.886 bits per heavy atom. The van der Waals surface area contributed by atoms with E-state index in [4.69, 9.17) is 14.2 Å². The van der Waals surface area contributed by atoms with Crippen molar-refractivity contribution in [3.8, 4) is 0 Å². The maximum absolute atomic E-state index is 12.9. The van der Waals surface area contributed by atoms with E-state index in [0.29, 0.717) is 19.3 Å². The van der Waals surface area contributed by atoms with Gasteiger partial charge in [-0.15, -0.1) is 0 Å². The number of rotatable bonds is 52. The van der Waals surface area contributed by atoms with Crippen LogP contribution in [-0.2, 0) is 28.6 Å². The predicted molar refractivity (Wildman–Crippen MR) is 302 cm³/mol. The van der Waals surface area contributed by atoms with Gasteiger partial charge in [-0.05, 0) is 96.3 Å². The Labute approximate surface area is 432 Å². The van der Waals surface area contributed by atoms with Gasteiger partial charge in [-0.1, -0.05) is 253 Å². The van der Waals surface area contributed by atoms with E-state index in [2.05, 4.69) is 118 Å². The van der Waals surface area contributed by atoms with Crippen LogP contribution in [0.15, 0.2) is 97.2 Å². The average molecular weight is 974 g/mol. The van der Waals surface area contributed by atoms with Crippen molar-refractivity contribution >= 4 is 17.9 Å². The lowest BCUT2D eigenvalue weighted by molar-refractivity contribution is -0.167. The van der Waals surface area contributed by atoms with Gasteiger partial charge in [0.15, 0.2) is 6.10 Å². The number of carbonyl (C=O) groups excluding carboxylic acids is 3. The summed E-state index contributed by atoms with van der Waals surface area (Å²) in [7, 11) is 0. The quantitative estimate of drug-likeness (QED) is 0.0262. The van der Waals surface area contributed by atoms with Gasteiger partial charge >= 0.3 is 17.9 Å². The summed E-state index contributed by atoms with van der Waals surface area (Å²) >= 11 is 0. The van der Waals surface area contributed by atoms with Crippen LogP contribution in [0.25, 0.3) is 0 Å². The van der Waals surface area contributed by atoms with E-state index >= 15 is 0 Å². The van der Waals surface area contributed by atoms with E-state index in [1.165, 1.54) is 103 Å². The summed E-state index contributed by atoms with van der Waals surface area (Å²) in [5.74, 6) is -0.931. The Morgan fingerprint density at radius 2 is 0.557 bits per heavy atom. The van der Waals surface area contributed by atoms with Crippen LogP contribution < -0.4 is 0 Å². The number of ether oxygens (including phenoxy) is 3. The summed E-state index contributed by atoms with van der Waals surface area (Å²) < 4.78 is 16.9. The molecule has 0 aliphatic rings. The molecule has 0 amide bonds. The molecule has 0 aromatic rings. The van der Waals surface area contributed by atoms with Gasteiger partial charge in [-0.2, -0.15) is 0 Å². The second-order valence-electron chi connectivity index (χ2n) is 19.1. The topological polar surface area (TPSA) is 78.9 Å². The smallest absolute Gasteiger partial charge is 0.306 e. The molecule has 1 unspecified atom stereocenters. The van der Waals surface area contributed by atoms with E-state index in [0.717, 1.165) is 128 Å². The minimum absolute atomic E-state index is 0.0942. The molecule has 400 valence electrons. The van der Waals surface area contributed by atoms with E-state index < -0.39 is 6.10 Å². The van der Waals surface area contributed by atoms with Crippen LogP contribution in [0.1, 0.15) is 271 Å². The molecule has 0 aromatic carbocycles. The molecule has 0 fully saturated rings. The molecule has 0 saturated carbocycles. The minimum Gasteiger partial charge on any atom is -0.462 e. The fourth-order valence-electron chi connectivity index (χ4n) is 8.01. The minimum atomic E-state index is -0.797. The van der Waals surface area contributed by atoms with Gasteiger partial charge in [-0.3, -0.25) is 14.4 Å². The highest BCUT2D eigenvalue weighted by molar-refractivity contribution is 5.71. The third-order valence-corrected chi connectivity index (χ3v) is 12.3. The van der Waals surface area contributed by atoms with Crippen LogP contribution in [0.2, 0.25) is 0 Å². The molecule has 0 aliphatic heterocycles. The fraction of sp³-hybridized carbons (Fsp3) is 0.703. The number of hydrogen-bond donors (Lipinski definition) is 0. The average Bonchev–Trinajstić information content (AvgIpc) is 3.36. The van der Waals surface area contributed by atoms with Crippen molar-refractivity contribution in [2.24, 2.45) is 0 Å². The molecule has 6 nitrogen and oxygen atoms in total. The molecule has 6 heteroatoms. The van der Waals surface area contributed by atoms with E-state index in [1.54, 1.807) is 0 Å². The molecule has 0 aliphatic carbocycles. The Hall–Kier alpha value is -3.67. The molecular formula is C64H108O6. The molecular weight excluding hydrogens is 865 g/mol. The summed E-state index contributed by atoms with van der Waals surface area (Å²) in [5, 5.41) is 0. The largest absolute Gasteiger partial charge is 0.462 e. The number of allylic oxidation sites excluding steroid dienone is 16. The summed E-state index contributed by atoms with van der Waals surface area (Å²) in [5.41, 5.74) is 0. The van der Waals surface area contributed by atoms with Gasteiger partial charge in [-0.25, -0.2) is 0 Å². The summed E-state index contributed by atoms with van der Waals surface area (Å²) in [4.78, 5) is 38.2. The second-order valence-corrected chi connectivity index (χ2v) is 19.1. The Kier molecular flexibility index (Phi) is 54.9. The van der Waals surface area contributed by atoms with Gasteiger partial charge in [0.1, 0.15) is 13.2 Å². The van der Waals surface area contributed by atoms with E-state index in [1.807, 2.05) is 0 Å². The van der Waals surface area contributed by atoms with Crippen molar-refractivity contribution in [2.45, 2.75) is 277 Å². The van der Waals surface area contributed by atoms with Crippen molar-refractivity contribution in [3.63, 3.8) is 0 Å². The number of hydrogen-bond acceptors (Lipinski definition) is 6. The van der Waals surface area contributed by atoms with Gasteiger partial charge in [0.2, 0.25) is 0 Å². The summed E-state index contributed by atoms with van der Waals surface area (Å²) in [6, 6.07) is 0. The highest BCUT2D eigenvalue weighted by Crippen LogP contribution is 2.16. The lowest BCUT2D eigenvalue weighted by Crippen LogP contribution is -2.30. The lowest BCUT2D eigenvalue weighted by atomic mass is 10.0. The first-order valence-electron chi connectivity index (χ1n) is 29.2. The predicted octanol–water partition coefficient (Wildman–Crippen LogP) is 19.7. The van der Waals surface area contributed by atoms with Gasteiger partial charge in [0.25, 0.3) is 0 Å². The van der Waals surface area contributed by atoms with E-state index in [-0.39, 0.29) is 31.1 Å². The van der Waals surface area contributed by atoms with Gasteiger partial charge in [0, 0.05) is 19.3 Å². The molecule has 1 atom stereocenters. The van der Waals surface area contributed by atoms with Crippen LogP contribution in [0.4, 0.5) is 0 Å². The zero-order valence-corrected chi connectivity index (χ0v) is 45.8. The number of unbranched alkanes of at least 4 members (excludes halogenated alkanes) is 25. The van der Waals surface area contributed by atoms with Crippen LogP contribution in [-0.4, -0.2) is 37.2 Å². The first-order chi connectivity index (χ1) is 34.5. The first kappa shape index (κ1) is 66.3. The molecule has 0 saturated heterocycles. The number of carbonyl (C=O) groups is 3. The molecule has 0 spiro atoms. The summed E-state index contributed by atoms with van der Waals surface area (Å²) in [6.45, 7) is 6.39. The second kappa shape index (κ2) is 57.9. The maximum atomic E-state index is 12.9. The fourth-order valence-corrected chi connectivity index (χ4v) is 8.01. The molecule has 0 heterocycles. The molecule has 0 bridgehead atoms. The Bertz CT molecular complexity index is 1400. The normalized spacial score (nSPS) is 12.8. The van der Waals surface area contributed by atoms with Crippen LogP contribution >= 0.6 is 0 Å². The third-order valence-electron chi connectivity index (χ3n) is 12.3. The highest BCUT2D eigenvalue weighted by Gasteiger charge is 2.19. The SMILES string of the molecule is CC/C=C\C/C=C\C/C=C\C/C=C\CCCCCCCCC(=O)OCC(COC(=O)CCCCC/C=C\C/C=C\C/C=C\C/C=C\CC)OC(=O)CCCCCCCCCCCCCCCCCCC. The standard InChI is InChI=1S/C64H108O6/c1-4-7-10-13-16-19-22-25-28-31-32-34-36-39-42-45-48-51-54-57-63(66)69-60-61(59-68-62(65)56-53-50-47-44-41-38-35-30-27-24-21-18-15-12-9-6-3)70-64(67)58-55-52-49-46-43-40-37-33-29-26-23-20-17-14-11-8-5-2/h7,9-10,12,16,18-19,21,25,27-28,30,32,34,38,41,61H,4-6,8,11,13-15,17,20,22-24,26,29,31,33,35-37,39-40,42-60H2,1-3H3/b10-7-,12-9-,19-16-,21-18-,28-25-,30-27-,34-32-,41-38-. The Balaban J connectivity index is 4.45. The van der Waals surface area contributed by atoms with E-state index in [9.17, 15) is 14.4 Å². The molecule has 0 rings (SSSR count). The highest BCUT2D eigenvalue weighted by atomic mass is 16.6. The first-order valence-corrected chi connectivity index (χ1v) is 29.2. The van der Waals surface area contributed by atoms with Gasteiger partial charge < -0.3 is 14.2 Å². The third kappa shape index (κ3) is 55.3. The zero-order valence-electron chi connectivity index (χ0n) is 45.8. The molecule has 0 radical (unpaired) electrons. The van der Waals surface area contributed by atoms with Crippen LogP contribution in [0.5, 0.6) is 0 Å². The monoisotopic (exact) mass is 973 g/mol. The van der Waals surface area contributed by atoms with Crippen LogP contribution in [0.3, 0.4) is 0 Å². The van der Waals surface area contributed by atoms with Crippen molar-refractivity contribution < 1.29 is 28.6 Å². The van der Waals surface area contributed by atoms with Crippen LogP contribution in [0, 0.1) is 0 Å². The van der Waals surface area contributed by atoms with Crippen molar-refractivity contribution in [3.05, 3.63) is 97.2 Å². The van der Waals surface area contributed by atoms with Gasteiger partial charge in [0.05, 0.1) is 0 Å². The van der Waals surface area contributed by atoms with Crippen molar-refractivity contribution in [1.29, 1.82) is 0 Å².